The Bertz CT molecular complexity index is 985. The molecule has 4 rings (SSSR count). The molecule has 0 saturated heterocycles. The molecule has 1 heterocycles. The molecule has 2 N–H and O–H groups in total. The number of carbonyl (C=O) groups excluding carboxylic acids is 2. The van der Waals surface area contributed by atoms with Crippen molar-refractivity contribution in [3.05, 3.63) is 77.0 Å². The monoisotopic (exact) mass is 434 g/mol. The van der Waals surface area contributed by atoms with Gasteiger partial charge in [0, 0.05) is 5.70 Å². The van der Waals surface area contributed by atoms with E-state index >= 15 is 0 Å². The van der Waals surface area contributed by atoms with Crippen molar-refractivity contribution in [3.8, 4) is 5.75 Å². The predicted octanol–water partition coefficient (Wildman–Crippen LogP) is 5.02. The first-order valence-electron chi connectivity index (χ1n) is 11.3. The van der Waals surface area contributed by atoms with E-state index < -0.39 is 6.04 Å². The van der Waals surface area contributed by atoms with E-state index in [2.05, 4.69) is 17.6 Å². The molecule has 1 aliphatic carbocycles. The number of urea groups is 1. The number of hydrogen-bond donors (Lipinski definition) is 2. The second-order valence-corrected chi connectivity index (χ2v) is 8.71. The molecular formula is C26H30N2O4. The van der Waals surface area contributed by atoms with Crippen molar-refractivity contribution in [1.82, 2.24) is 10.6 Å². The topological polar surface area (TPSA) is 76.7 Å². The van der Waals surface area contributed by atoms with Crippen molar-refractivity contribution < 1.29 is 19.1 Å². The number of carbonyl (C=O) groups is 2. The Morgan fingerprint density at radius 3 is 2.53 bits per heavy atom. The molecule has 1 saturated carbocycles. The van der Waals surface area contributed by atoms with Crippen molar-refractivity contribution in [2.45, 2.75) is 58.3 Å². The number of allylic oxidation sites excluding steroid dienone is 1. The van der Waals surface area contributed by atoms with Gasteiger partial charge in [0.25, 0.3) is 0 Å². The van der Waals surface area contributed by atoms with E-state index in [1.54, 1.807) is 6.92 Å². The summed E-state index contributed by atoms with van der Waals surface area (Å²) in [5.74, 6) is 0.905. The minimum atomic E-state index is -0.569. The molecule has 0 spiro atoms. The fourth-order valence-corrected chi connectivity index (χ4v) is 4.41. The van der Waals surface area contributed by atoms with Gasteiger partial charge in [-0.05, 0) is 55.4 Å². The highest BCUT2D eigenvalue weighted by atomic mass is 16.5. The molecule has 2 aromatic rings. The van der Waals surface area contributed by atoms with Crippen molar-refractivity contribution in [3.63, 3.8) is 0 Å². The van der Waals surface area contributed by atoms with E-state index in [0.717, 1.165) is 36.1 Å². The van der Waals surface area contributed by atoms with Gasteiger partial charge in [0.15, 0.2) is 0 Å². The SMILES string of the molecule is CC1=C(C(=O)OC2CCCC(C)C2)C(c2ccc(OCc3ccccc3)cc2)NC(=O)N1. The lowest BCUT2D eigenvalue weighted by atomic mass is 9.88. The predicted molar refractivity (Wildman–Crippen MR) is 122 cm³/mol. The summed E-state index contributed by atoms with van der Waals surface area (Å²) in [6.07, 6.45) is 3.95. The van der Waals surface area contributed by atoms with Crippen molar-refractivity contribution in [2.75, 3.05) is 0 Å². The van der Waals surface area contributed by atoms with Crippen LogP contribution in [0.1, 0.15) is 56.7 Å². The second kappa shape index (κ2) is 9.90. The van der Waals surface area contributed by atoms with Gasteiger partial charge in [-0.25, -0.2) is 9.59 Å². The van der Waals surface area contributed by atoms with Crippen LogP contribution in [0.4, 0.5) is 4.79 Å². The molecule has 32 heavy (non-hydrogen) atoms. The molecule has 3 atom stereocenters. The van der Waals surface area contributed by atoms with Crippen LogP contribution in [0.15, 0.2) is 65.9 Å². The first-order valence-corrected chi connectivity index (χ1v) is 11.3. The molecule has 0 aromatic heterocycles. The number of esters is 1. The maximum Gasteiger partial charge on any atom is 0.338 e. The molecule has 2 aliphatic rings. The molecule has 0 radical (unpaired) electrons. The van der Waals surface area contributed by atoms with Crippen molar-refractivity contribution in [2.24, 2.45) is 5.92 Å². The van der Waals surface area contributed by atoms with E-state index in [1.807, 2.05) is 54.6 Å². The standard InChI is InChI=1S/C26H30N2O4/c1-17-7-6-10-22(15-17)32-25(29)23-18(2)27-26(30)28-24(23)20-11-13-21(14-12-20)31-16-19-8-4-3-5-9-19/h3-5,8-9,11-14,17,22,24H,6-7,10,15-16H2,1-2H3,(H2,27,28,30). The van der Waals surface area contributed by atoms with E-state index in [4.69, 9.17) is 9.47 Å². The first kappa shape index (κ1) is 21.9. The van der Waals surface area contributed by atoms with Gasteiger partial charge in [-0.15, -0.1) is 0 Å². The normalized spacial score (nSPS) is 23.2. The first-order chi connectivity index (χ1) is 15.5. The summed E-state index contributed by atoms with van der Waals surface area (Å²) in [5.41, 5.74) is 2.86. The van der Waals surface area contributed by atoms with Crippen LogP contribution < -0.4 is 15.4 Å². The van der Waals surface area contributed by atoms with Gasteiger partial charge in [-0.1, -0.05) is 55.8 Å². The smallest absolute Gasteiger partial charge is 0.338 e. The molecule has 6 heteroatoms. The van der Waals surface area contributed by atoms with Crippen LogP contribution in [-0.2, 0) is 16.1 Å². The minimum absolute atomic E-state index is 0.0707. The lowest BCUT2D eigenvalue weighted by molar-refractivity contribution is -0.146. The zero-order chi connectivity index (χ0) is 22.5. The quantitative estimate of drug-likeness (QED) is 0.626. The van der Waals surface area contributed by atoms with E-state index in [9.17, 15) is 9.59 Å². The summed E-state index contributed by atoms with van der Waals surface area (Å²) >= 11 is 0. The second-order valence-electron chi connectivity index (χ2n) is 8.71. The molecule has 1 aliphatic heterocycles. The Morgan fingerprint density at radius 2 is 1.81 bits per heavy atom. The highest BCUT2D eigenvalue weighted by Gasteiger charge is 2.34. The fourth-order valence-electron chi connectivity index (χ4n) is 4.41. The van der Waals surface area contributed by atoms with Crippen LogP contribution in [-0.4, -0.2) is 18.1 Å². The molecule has 168 valence electrons. The number of benzene rings is 2. The Hall–Kier alpha value is -3.28. The van der Waals surface area contributed by atoms with E-state index in [-0.39, 0.29) is 18.1 Å². The van der Waals surface area contributed by atoms with Crippen LogP contribution in [0, 0.1) is 5.92 Å². The third-order valence-corrected chi connectivity index (χ3v) is 6.11. The minimum Gasteiger partial charge on any atom is -0.489 e. The van der Waals surface area contributed by atoms with E-state index in [1.165, 1.54) is 6.42 Å². The molecule has 2 amide bonds. The number of hydrogen-bond acceptors (Lipinski definition) is 4. The maximum absolute atomic E-state index is 13.1. The number of rotatable bonds is 6. The highest BCUT2D eigenvalue weighted by Crippen LogP contribution is 2.31. The molecule has 3 unspecified atom stereocenters. The lowest BCUT2D eigenvalue weighted by Gasteiger charge is -2.31. The Labute approximate surface area is 189 Å². The molecule has 2 aromatic carbocycles. The zero-order valence-electron chi connectivity index (χ0n) is 18.6. The third-order valence-electron chi connectivity index (χ3n) is 6.11. The van der Waals surface area contributed by atoms with Crippen molar-refractivity contribution >= 4 is 12.0 Å². The summed E-state index contributed by atoms with van der Waals surface area (Å²) in [7, 11) is 0. The molecule has 6 nitrogen and oxygen atoms in total. The zero-order valence-corrected chi connectivity index (χ0v) is 18.6. The van der Waals surface area contributed by atoms with Gasteiger partial charge >= 0.3 is 12.0 Å². The summed E-state index contributed by atoms with van der Waals surface area (Å²) in [6, 6.07) is 16.5. The largest absolute Gasteiger partial charge is 0.489 e. The molecule has 1 fully saturated rings. The van der Waals surface area contributed by atoms with Gasteiger partial charge in [0.1, 0.15) is 18.5 Å². The van der Waals surface area contributed by atoms with Gasteiger partial charge in [-0.2, -0.15) is 0 Å². The summed E-state index contributed by atoms with van der Waals surface area (Å²) in [6.45, 7) is 4.40. The Kier molecular flexibility index (Phi) is 6.78. The average molecular weight is 435 g/mol. The number of ether oxygens (including phenoxy) is 2. The Balaban J connectivity index is 1.48. The van der Waals surface area contributed by atoms with Gasteiger partial charge in [0.2, 0.25) is 0 Å². The summed E-state index contributed by atoms with van der Waals surface area (Å²) in [4.78, 5) is 25.3. The van der Waals surface area contributed by atoms with Gasteiger partial charge in [0.05, 0.1) is 11.6 Å². The summed E-state index contributed by atoms with van der Waals surface area (Å²) < 4.78 is 11.7. The number of amides is 2. The summed E-state index contributed by atoms with van der Waals surface area (Å²) in [5, 5.41) is 5.58. The van der Waals surface area contributed by atoms with Crippen LogP contribution in [0.3, 0.4) is 0 Å². The van der Waals surface area contributed by atoms with Crippen LogP contribution in [0.2, 0.25) is 0 Å². The third kappa shape index (κ3) is 5.31. The maximum atomic E-state index is 13.1. The van der Waals surface area contributed by atoms with Gasteiger partial charge in [-0.3, -0.25) is 0 Å². The lowest BCUT2D eigenvalue weighted by Crippen LogP contribution is -2.45. The fraction of sp³-hybridized carbons (Fsp3) is 0.385. The number of nitrogens with one attached hydrogen (secondary N) is 2. The Morgan fingerprint density at radius 1 is 1.06 bits per heavy atom. The van der Waals surface area contributed by atoms with Crippen LogP contribution >= 0.6 is 0 Å². The molecular weight excluding hydrogens is 404 g/mol. The van der Waals surface area contributed by atoms with Crippen molar-refractivity contribution in [1.29, 1.82) is 0 Å². The molecule has 0 bridgehead atoms. The van der Waals surface area contributed by atoms with Gasteiger partial charge < -0.3 is 20.1 Å². The van der Waals surface area contributed by atoms with E-state index in [0.29, 0.717) is 23.8 Å². The average Bonchev–Trinajstić information content (AvgIpc) is 2.78. The van der Waals surface area contributed by atoms with Crippen LogP contribution in [0.25, 0.3) is 0 Å². The highest BCUT2D eigenvalue weighted by molar-refractivity contribution is 5.95. The van der Waals surface area contributed by atoms with Crippen LogP contribution in [0.5, 0.6) is 5.75 Å².